The number of amides is 1. The molecule has 0 fully saturated rings. The average molecular weight is 412 g/mol. The maximum absolute atomic E-state index is 12.7. The highest BCUT2D eigenvalue weighted by molar-refractivity contribution is 6.05. The van der Waals surface area contributed by atoms with Crippen LogP contribution in [0.2, 0.25) is 0 Å². The van der Waals surface area contributed by atoms with Gasteiger partial charge < -0.3 is 19.9 Å². The van der Waals surface area contributed by atoms with Crippen molar-refractivity contribution in [2.45, 2.75) is 0 Å². The minimum atomic E-state index is -0.907. The summed E-state index contributed by atoms with van der Waals surface area (Å²) in [5, 5.41) is 27.5. The second kappa shape index (κ2) is 8.31. The molecule has 0 atom stereocenters. The molecule has 0 spiro atoms. The minimum absolute atomic E-state index is 0.00654. The van der Waals surface area contributed by atoms with Crippen molar-refractivity contribution in [1.82, 2.24) is 9.78 Å². The number of benzene rings is 2. The van der Waals surface area contributed by atoms with Crippen LogP contribution in [0.1, 0.15) is 10.5 Å². The molecule has 0 saturated carbocycles. The van der Waals surface area contributed by atoms with Gasteiger partial charge in [0.1, 0.15) is 17.2 Å². The first kappa shape index (κ1) is 20.3. The molecule has 3 rings (SSSR count). The average Bonchev–Trinajstić information content (AvgIpc) is 2.73. The first-order chi connectivity index (χ1) is 14.3. The molecule has 0 radical (unpaired) electrons. The normalized spacial score (nSPS) is 10.3. The topological polar surface area (TPSA) is 146 Å². The Bertz CT molecular complexity index is 1190. The molecule has 0 saturated heterocycles. The number of carbonyl (C=O) groups is 1. The van der Waals surface area contributed by atoms with E-state index < -0.39 is 27.8 Å². The lowest BCUT2D eigenvalue weighted by atomic mass is 10.2. The second-order valence-electron chi connectivity index (χ2n) is 5.90. The summed E-state index contributed by atoms with van der Waals surface area (Å²) in [6.07, 6.45) is 0. The molecule has 154 valence electrons. The van der Waals surface area contributed by atoms with E-state index in [4.69, 9.17) is 9.47 Å². The Morgan fingerprint density at radius 3 is 2.50 bits per heavy atom. The van der Waals surface area contributed by atoms with Crippen molar-refractivity contribution in [2.24, 2.45) is 0 Å². The number of carbonyl (C=O) groups excluding carboxylic acids is 1. The van der Waals surface area contributed by atoms with Gasteiger partial charge in [-0.05, 0) is 18.2 Å². The first-order valence-electron chi connectivity index (χ1n) is 8.46. The van der Waals surface area contributed by atoms with Crippen LogP contribution in [-0.4, -0.2) is 39.9 Å². The Morgan fingerprint density at radius 2 is 1.83 bits per heavy atom. The SMILES string of the molecule is COc1ccc([N+](=O)[O-])cc1NC(=O)c1nn(-c2ccccc2OC)c(=O)cc1O. The number of nitro benzene ring substituents is 1. The zero-order valence-corrected chi connectivity index (χ0v) is 15.9. The summed E-state index contributed by atoms with van der Waals surface area (Å²) in [5.74, 6) is -1.08. The van der Waals surface area contributed by atoms with E-state index in [1.54, 1.807) is 24.3 Å². The van der Waals surface area contributed by atoms with Crippen LogP contribution in [0.4, 0.5) is 11.4 Å². The van der Waals surface area contributed by atoms with E-state index in [1.807, 2.05) is 0 Å². The highest BCUT2D eigenvalue weighted by atomic mass is 16.6. The van der Waals surface area contributed by atoms with E-state index in [-0.39, 0.29) is 22.8 Å². The van der Waals surface area contributed by atoms with Crippen LogP contribution in [-0.2, 0) is 0 Å². The van der Waals surface area contributed by atoms with Crippen molar-refractivity contribution < 1.29 is 24.3 Å². The predicted molar refractivity (Wildman–Crippen MR) is 106 cm³/mol. The van der Waals surface area contributed by atoms with Crippen molar-refractivity contribution in [3.63, 3.8) is 0 Å². The summed E-state index contributed by atoms with van der Waals surface area (Å²) in [7, 11) is 2.74. The molecule has 11 nitrogen and oxygen atoms in total. The van der Waals surface area contributed by atoms with Gasteiger partial charge in [0.15, 0.2) is 11.4 Å². The van der Waals surface area contributed by atoms with E-state index in [2.05, 4.69) is 10.4 Å². The van der Waals surface area contributed by atoms with Crippen molar-refractivity contribution >= 4 is 17.3 Å². The fourth-order valence-electron chi connectivity index (χ4n) is 2.67. The highest BCUT2D eigenvalue weighted by Crippen LogP contribution is 2.30. The number of aromatic hydroxyl groups is 1. The van der Waals surface area contributed by atoms with E-state index >= 15 is 0 Å². The quantitative estimate of drug-likeness (QED) is 0.462. The summed E-state index contributed by atoms with van der Waals surface area (Å²) < 4.78 is 11.2. The molecule has 0 aliphatic carbocycles. The maximum atomic E-state index is 12.7. The molecule has 30 heavy (non-hydrogen) atoms. The number of methoxy groups -OCH3 is 2. The fraction of sp³-hybridized carbons (Fsp3) is 0.105. The van der Waals surface area contributed by atoms with Crippen LogP contribution in [0, 0.1) is 10.1 Å². The minimum Gasteiger partial charge on any atom is -0.505 e. The van der Waals surface area contributed by atoms with Crippen LogP contribution in [0.5, 0.6) is 17.2 Å². The number of nitrogens with one attached hydrogen (secondary N) is 1. The van der Waals surface area contributed by atoms with Crippen molar-refractivity contribution in [1.29, 1.82) is 0 Å². The smallest absolute Gasteiger partial charge is 0.280 e. The number of para-hydroxylation sites is 2. The standard InChI is InChI=1S/C19H16N4O7/c1-29-15-8-7-11(23(27)28)9-12(15)20-19(26)18-14(24)10-17(25)22(21-18)13-5-3-4-6-16(13)30-2/h3-10,24H,1-2H3,(H,20,26). The summed E-state index contributed by atoms with van der Waals surface area (Å²) in [5.41, 5.74) is -1.20. The van der Waals surface area contributed by atoms with Gasteiger partial charge in [-0.25, -0.2) is 0 Å². The lowest BCUT2D eigenvalue weighted by Gasteiger charge is -2.13. The second-order valence-corrected chi connectivity index (χ2v) is 5.90. The number of aromatic nitrogens is 2. The van der Waals surface area contributed by atoms with Crippen molar-refractivity contribution in [3.05, 3.63) is 74.7 Å². The molecular weight excluding hydrogens is 396 g/mol. The molecule has 11 heteroatoms. The molecule has 2 aromatic carbocycles. The summed E-state index contributed by atoms with van der Waals surface area (Å²) >= 11 is 0. The van der Waals surface area contributed by atoms with Gasteiger partial charge in [-0.3, -0.25) is 19.7 Å². The van der Waals surface area contributed by atoms with Gasteiger partial charge >= 0.3 is 0 Å². The number of anilines is 1. The number of nitrogens with zero attached hydrogens (tertiary/aromatic N) is 3. The highest BCUT2D eigenvalue weighted by Gasteiger charge is 2.21. The van der Waals surface area contributed by atoms with Crippen molar-refractivity contribution in [3.8, 4) is 22.9 Å². The van der Waals surface area contributed by atoms with Gasteiger partial charge in [0.25, 0.3) is 17.2 Å². The van der Waals surface area contributed by atoms with Crippen LogP contribution in [0.25, 0.3) is 5.69 Å². The first-order valence-corrected chi connectivity index (χ1v) is 8.46. The van der Waals surface area contributed by atoms with E-state index in [9.17, 15) is 24.8 Å². The number of hydrogen-bond donors (Lipinski definition) is 2. The Balaban J connectivity index is 2.05. The Morgan fingerprint density at radius 1 is 1.13 bits per heavy atom. The van der Waals surface area contributed by atoms with Gasteiger partial charge in [-0.2, -0.15) is 9.78 Å². The Kier molecular flexibility index (Phi) is 5.63. The Hall–Kier alpha value is -4.41. The molecule has 2 N–H and O–H groups in total. The van der Waals surface area contributed by atoms with Gasteiger partial charge in [0.05, 0.1) is 24.8 Å². The third kappa shape index (κ3) is 3.90. The fourth-order valence-corrected chi connectivity index (χ4v) is 2.67. The summed E-state index contributed by atoms with van der Waals surface area (Å²) in [6.45, 7) is 0. The number of rotatable bonds is 6. The van der Waals surface area contributed by atoms with Gasteiger partial charge in [0.2, 0.25) is 0 Å². The molecule has 1 heterocycles. The maximum Gasteiger partial charge on any atom is 0.280 e. The molecule has 0 unspecified atom stereocenters. The van der Waals surface area contributed by atoms with Crippen LogP contribution >= 0.6 is 0 Å². The molecule has 0 aliphatic rings. The zero-order chi connectivity index (χ0) is 21.8. The lowest BCUT2D eigenvalue weighted by molar-refractivity contribution is -0.384. The predicted octanol–water partition coefficient (Wildman–Crippen LogP) is 2.12. The lowest BCUT2D eigenvalue weighted by Crippen LogP contribution is -2.25. The number of non-ortho nitro benzene ring substituents is 1. The summed E-state index contributed by atoms with van der Waals surface area (Å²) in [4.78, 5) is 35.4. The van der Waals surface area contributed by atoms with Crippen molar-refractivity contribution in [2.75, 3.05) is 19.5 Å². The largest absolute Gasteiger partial charge is 0.505 e. The monoisotopic (exact) mass is 412 g/mol. The zero-order valence-electron chi connectivity index (χ0n) is 15.9. The third-order valence-corrected chi connectivity index (χ3v) is 4.08. The third-order valence-electron chi connectivity index (χ3n) is 4.08. The number of nitro groups is 1. The Labute approximate surface area is 169 Å². The van der Waals surface area contributed by atoms with Gasteiger partial charge in [-0.1, -0.05) is 12.1 Å². The van der Waals surface area contributed by atoms with Crippen LogP contribution < -0.4 is 20.3 Å². The molecular formula is C19H16N4O7. The molecule has 1 amide bonds. The number of ether oxygens (including phenoxy) is 2. The van der Waals surface area contributed by atoms with E-state index in [1.165, 1.54) is 26.4 Å². The van der Waals surface area contributed by atoms with Gasteiger partial charge in [-0.15, -0.1) is 0 Å². The molecule has 3 aromatic rings. The molecule has 0 aliphatic heterocycles. The van der Waals surface area contributed by atoms with Gasteiger partial charge in [0, 0.05) is 18.2 Å². The number of hydrogen-bond acceptors (Lipinski definition) is 8. The van der Waals surface area contributed by atoms with Crippen LogP contribution in [0.3, 0.4) is 0 Å². The summed E-state index contributed by atoms with van der Waals surface area (Å²) in [6, 6.07) is 11.0. The molecule has 0 bridgehead atoms. The van der Waals surface area contributed by atoms with E-state index in [0.29, 0.717) is 5.75 Å². The van der Waals surface area contributed by atoms with Crippen LogP contribution in [0.15, 0.2) is 53.3 Å². The van der Waals surface area contributed by atoms with E-state index in [0.717, 1.165) is 16.8 Å². The molecule has 1 aromatic heterocycles.